The van der Waals surface area contributed by atoms with Crippen molar-refractivity contribution in [3.05, 3.63) is 59.4 Å². The average molecular weight is 289 g/mol. The third kappa shape index (κ3) is 3.72. The Balaban J connectivity index is 2.04. The zero-order valence-electron chi connectivity index (χ0n) is 12.0. The van der Waals surface area contributed by atoms with E-state index < -0.39 is 5.82 Å². The SMILES string of the molecule is C[NH+]=C(O)c1ccc(NCc2ccc(OC)cc2)cc1F. The van der Waals surface area contributed by atoms with E-state index in [0.29, 0.717) is 12.2 Å². The van der Waals surface area contributed by atoms with Crippen LogP contribution in [0.4, 0.5) is 10.1 Å². The van der Waals surface area contributed by atoms with E-state index in [1.165, 1.54) is 19.2 Å². The lowest BCUT2D eigenvalue weighted by molar-refractivity contribution is -0.429. The lowest BCUT2D eigenvalue weighted by Gasteiger charge is -2.08. The van der Waals surface area contributed by atoms with Crippen LogP contribution in [0.5, 0.6) is 5.75 Å². The molecule has 0 saturated heterocycles. The van der Waals surface area contributed by atoms with Crippen LogP contribution in [0, 0.1) is 5.82 Å². The second-order valence-electron chi connectivity index (χ2n) is 4.49. The third-order valence-corrected chi connectivity index (χ3v) is 3.12. The van der Waals surface area contributed by atoms with E-state index in [1.807, 2.05) is 24.3 Å². The van der Waals surface area contributed by atoms with Gasteiger partial charge in [-0.15, -0.1) is 0 Å². The number of ether oxygens (including phenoxy) is 1. The lowest BCUT2D eigenvalue weighted by atomic mass is 10.1. The van der Waals surface area contributed by atoms with Crippen LogP contribution >= 0.6 is 0 Å². The number of benzene rings is 2. The fraction of sp³-hybridized carbons (Fsp3) is 0.188. The minimum absolute atomic E-state index is 0.146. The summed E-state index contributed by atoms with van der Waals surface area (Å²) in [7, 11) is 3.15. The number of nitrogens with one attached hydrogen (secondary N) is 2. The van der Waals surface area contributed by atoms with Gasteiger partial charge in [-0.2, -0.15) is 0 Å². The highest BCUT2D eigenvalue weighted by molar-refractivity contribution is 5.88. The van der Waals surface area contributed by atoms with E-state index in [-0.39, 0.29) is 11.5 Å². The van der Waals surface area contributed by atoms with E-state index in [0.717, 1.165) is 11.3 Å². The molecular formula is C16H18FN2O2+. The first kappa shape index (κ1) is 14.8. The molecule has 0 spiro atoms. The maximum atomic E-state index is 13.8. The molecule has 21 heavy (non-hydrogen) atoms. The minimum Gasteiger partial charge on any atom is -0.497 e. The summed E-state index contributed by atoms with van der Waals surface area (Å²) in [6.45, 7) is 0.574. The number of hydrogen-bond acceptors (Lipinski definition) is 2. The van der Waals surface area contributed by atoms with Crippen LogP contribution in [0.25, 0.3) is 0 Å². The Morgan fingerprint density at radius 1 is 1.24 bits per heavy atom. The predicted molar refractivity (Wildman–Crippen MR) is 80.3 cm³/mol. The summed E-state index contributed by atoms with van der Waals surface area (Å²) in [6, 6.07) is 12.2. The smallest absolute Gasteiger partial charge is 0.368 e. The molecule has 5 heteroatoms. The number of aliphatic hydroxyl groups excluding tert-OH is 1. The molecule has 0 fully saturated rings. The van der Waals surface area contributed by atoms with Gasteiger partial charge in [0, 0.05) is 12.2 Å². The van der Waals surface area contributed by atoms with Crippen LogP contribution in [-0.4, -0.2) is 25.2 Å². The van der Waals surface area contributed by atoms with Gasteiger partial charge < -0.3 is 15.2 Å². The van der Waals surface area contributed by atoms with Crippen molar-refractivity contribution in [2.45, 2.75) is 6.54 Å². The van der Waals surface area contributed by atoms with Gasteiger partial charge in [0.15, 0.2) is 0 Å². The second-order valence-corrected chi connectivity index (χ2v) is 4.49. The largest absolute Gasteiger partial charge is 0.497 e. The zero-order valence-corrected chi connectivity index (χ0v) is 12.0. The molecule has 0 aliphatic carbocycles. The highest BCUT2D eigenvalue weighted by Gasteiger charge is 2.12. The summed E-state index contributed by atoms with van der Waals surface area (Å²) < 4.78 is 18.9. The molecule has 0 unspecified atom stereocenters. The van der Waals surface area contributed by atoms with Crippen LogP contribution in [0.3, 0.4) is 0 Å². The molecule has 2 aromatic carbocycles. The Morgan fingerprint density at radius 3 is 2.52 bits per heavy atom. The van der Waals surface area contributed by atoms with E-state index in [4.69, 9.17) is 4.74 Å². The standard InChI is InChI=1S/C16H17FN2O2/c1-18-16(20)14-8-5-12(9-15(14)17)19-10-11-3-6-13(21-2)7-4-11/h3-9,19H,10H2,1-2H3,(H,18,20)/p+1. The summed E-state index contributed by atoms with van der Waals surface area (Å²) in [5.41, 5.74) is 1.85. The van der Waals surface area contributed by atoms with Gasteiger partial charge in [0.05, 0.1) is 7.11 Å². The van der Waals surface area contributed by atoms with E-state index in [1.54, 1.807) is 13.2 Å². The number of halogens is 1. The summed E-state index contributed by atoms with van der Waals surface area (Å²) in [4.78, 5) is 2.51. The molecule has 4 nitrogen and oxygen atoms in total. The first-order valence-electron chi connectivity index (χ1n) is 6.54. The number of anilines is 1. The topological polar surface area (TPSA) is 55.5 Å². The molecule has 110 valence electrons. The van der Waals surface area contributed by atoms with Crippen LogP contribution in [-0.2, 0) is 6.54 Å². The second kappa shape index (κ2) is 6.74. The first-order valence-corrected chi connectivity index (χ1v) is 6.54. The fourth-order valence-corrected chi connectivity index (χ4v) is 1.90. The molecule has 0 amide bonds. The Bertz CT molecular complexity index is 639. The van der Waals surface area contributed by atoms with Gasteiger partial charge in [0.1, 0.15) is 24.2 Å². The van der Waals surface area contributed by atoms with Crippen molar-refractivity contribution in [3.8, 4) is 5.75 Å². The Morgan fingerprint density at radius 2 is 1.95 bits per heavy atom. The Hall–Kier alpha value is -2.56. The molecule has 0 heterocycles. The van der Waals surface area contributed by atoms with Gasteiger partial charge in [-0.3, -0.25) is 0 Å². The highest BCUT2D eigenvalue weighted by atomic mass is 19.1. The van der Waals surface area contributed by atoms with Crippen molar-refractivity contribution in [2.75, 3.05) is 19.5 Å². The Kier molecular flexibility index (Phi) is 4.77. The van der Waals surface area contributed by atoms with Crippen molar-refractivity contribution in [1.29, 1.82) is 0 Å². The molecule has 0 aromatic heterocycles. The molecule has 0 saturated carbocycles. The molecular weight excluding hydrogens is 271 g/mol. The molecule has 2 aromatic rings. The summed E-state index contributed by atoms with van der Waals surface area (Å²) >= 11 is 0. The van der Waals surface area contributed by atoms with Crippen molar-refractivity contribution in [1.82, 2.24) is 0 Å². The lowest BCUT2D eigenvalue weighted by Crippen LogP contribution is -2.68. The van der Waals surface area contributed by atoms with Crippen LogP contribution < -0.4 is 15.0 Å². The molecule has 0 aliphatic rings. The van der Waals surface area contributed by atoms with Crippen LogP contribution in [0.15, 0.2) is 42.5 Å². The van der Waals surface area contributed by atoms with Crippen LogP contribution in [0.1, 0.15) is 11.1 Å². The van der Waals surface area contributed by atoms with Gasteiger partial charge in [-0.1, -0.05) is 12.1 Å². The van der Waals surface area contributed by atoms with E-state index in [9.17, 15) is 9.50 Å². The first-order chi connectivity index (χ1) is 10.1. The van der Waals surface area contributed by atoms with Crippen LogP contribution in [0.2, 0.25) is 0 Å². The maximum absolute atomic E-state index is 13.8. The normalized spacial score (nSPS) is 11.3. The van der Waals surface area contributed by atoms with E-state index in [2.05, 4.69) is 10.3 Å². The Labute approximate surface area is 122 Å². The maximum Gasteiger partial charge on any atom is 0.368 e. The number of rotatable bonds is 5. The zero-order chi connectivity index (χ0) is 15.2. The van der Waals surface area contributed by atoms with Gasteiger partial charge in [0.2, 0.25) is 0 Å². The van der Waals surface area contributed by atoms with Gasteiger partial charge in [0.25, 0.3) is 0 Å². The summed E-state index contributed by atoms with van der Waals surface area (Å²) in [6.07, 6.45) is 0. The fourth-order valence-electron chi connectivity index (χ4n) is 1.90. The molecule has 0 radical (unpaired) electrons. The molecule has 0 aliphatic heterocycles. The monoisotopic (exact) mass is 289 g/mol. The van der Waals surface area contributed by atoms with Gasteiger partial charge in [-0.05, 0) is 35.9 Å². The number of aliphatic hydroxyl groups is 1. The quantitative estimate of drug-likeness (QED) is 0.577. The third-order valence-electron chi connectivity index (χ3n) is 3.12. The molecule has 3 N–H and O–H groups in total. The van der Waals surface area contributed by atoms with Crippen molar-refractivity contribution in [3.63, 3.8) is 0 Å². The van der Waals surface area contributed by atoms with Gasteiger partial charge in [-0.25, -0.2) is 9.38 Å². The molecule has 0 atom stereocenters. The van der Waals surface area contributed by atoms with E-state index >= 15 is 0 Å². The van der Waals surface area contributed by atoms with Crippen molar-refractivity contribution < 1.29 is 19.2 Å². The highest BCUT2D eigenvalue weighted by Crippen LogP contribution is 2.16. The minimum atomic E-state index is -0.485. The summed E-state index contributed by atoms with van der Waals surface area (Å²) in [5.74, 6) is 0.128. The van der Waals surface area contributed by atoms with Gasteiger partial charge >= 0.3 is 5.90 Å². The molecule has 0 bridgehead atoms. The molecule has 2 rings (SSSR count). The number of hydrogen-bond donors (Lipinski definition) is 3. The predicted octanol–water partition coefficient (Wildman–Crippen LogP) is 1.46. The summed E-state index contributed by atoms with van der Waals surface area (Å²) in [5, 5.41) is 12.6. The van der Waals surface area contributed by atoms with Crippen molar-refractivity contribution >= 4 is 11.6 Å². The number of methoxy groups -OCH3 is 1. The van der Waals surface area contributed by atoms with Crippen molar-refractivity contribution in [2.24, 2.45) is 0 Å². The average Bonchev–Trinajstić information content (AvgIpc) is 2.52.